The number of carbonyl (C=O) groups excluding carboxylic acids is 1. The first-order valence-corrected chi connectivity index (χ1v) is 9.13. The van der Waals surface area contributed by atoms with E-state index in [1.165, 1.54) is 47.2 Å². The van der Waals surface area contributed by atoms with Gasteiger partial charge in [-0.2, -0.15) is 0 Å². The number of amides is 1. The highest BCUT2D eigenvalue weighted by Gasteiger charge is 2.14. The fourth-order valence-corrected chi connectivity index (χ4v) is 3.88. The summed E-state index contributed by atoms with van der Waals surface area (Å²) in [5, 5.41) is 10.6. The van der Waals surface area contributed by atoms with Gasteiger partial charge in [-0.15, -0.1) is 10.2 Å². The van der Waals surface area contributed by atoms with Crippen molar-refractivity contribution in [2.24, 2.45) is 0 Å². The number of benzene rings is 1. The largest absolute Gasteiger partial charge is 0.371 e. The van der Waals surface area contributed by atoms with Crippen molar-refractivity contribution >= 4 is 40.4 Å². The standard InChI is InChI=1S/C15H18N4OS2/c1-11-8-12(4-5-13(11)19-6-2-3-7-19)17-14(20)9-21-15-18-16-10-22-15/h4-5,8,10H,2-3,6-7,9H2,1H3,(H,17,20). The van der Waals surface area contributed by atoms with E-state index in [1.807, 2.05) is 12.1 Å². The Kier molecular flexibility index (Phi) is 4.94. The van der Waals surface area contributed by atoms with Crippen LogP contribution in [0, 0.1) is 6.92 Å². The minimum absolute atomic E-state index is 0.0199. The Bertz CT molecular complexity index is 639. The third-order valence-electron chi connectivity index (χ3n) is 3.59. The predicted octanol–water partition coefficient (Wildman–Crippen LogP) is 3.18. The molecule has 2 heterocycles. The van der Waals surface area contributed by atoms with Crippen LogP contribution in [0.4, 0.5) is 11.4 Å². The maximum absolute atomic E-state index is 12.0. The zero-order valence-electron chi connectivity index (χ0n) is 12.4. The molecule has 2 aromatic rings. The number of hydrogen-bond acceptors (Lipinski definition) is 6. The van der Waals surface area contributed by atoms with E-state index >= 15 is 0 Å². The number of thioether (sulfide) groups is 1. The third-order valence-corrected chi connectivity index (χ3v) is 5.45. The molecule has 1 fully saturated rings. The second-order valence-electron chi connectivity index (χ2n) is 5.24. The van der Waals surface area contributed by atoms with Gasteiger partial charge in [0.2, 0.25) is 5.91 Å². The van der Waals surface area contributed by atoms with E-state index in [2.05, 4.69) is 33.4 Å². The molecule has 0 bridgehead atoms. The summed E-state index contributed by atoms with van der Waals surface area (Å²) in [5.41, 5.74) is 5.00. The molecule has 5 nitrogen and oxygen atoms in total. The summed E-state index contributed by atoms with van der Waals surface area (Å²) in [6.45, 7) is 4.36. The molecule has 0 unspecified atom stereocenters. The Balaban J connectivity index is 1.57. The molecule has 1 aromatic heterocycles. The van der Waals surface area contributed by atoms with Crippen molar-refractivity contribution in [2.75, 3.05) is 29.1 Å². The molecule has 1 N–H and O–H groups in total. The van der Waals surface area contributed by atoms with Gasteiger partial charge in [-0.3, -0.25) is 4.79 Å². The topological polar surface area (TPSA) is 58.1 Å². The molecule has 0 spiro atoms. The Labute approximate surface area is 138 Å². The fourth-order valence-electron chi connectivity index (χ4n) is 2.60. The lowest BCUT2D eigenvalue weighted by atomic mass is 10.1. The molecule has 0 radical (unpaired) electrons. The van der Waals surface area contributed by atoms with Gasteiger partial charge >= 0.3 is 0 Å². The summed E-state index contributed by atoms with van der Waals surface area (Å²) in [6.07, 6.45) is 2.53. The first-order chi connectivity index (χ1) is 10.7. The van der Waals surface area contributed by atoms with E-state index in [0.717, 1.165) is 23.1 Å². The summed E-state index contributed by atoms with van der Waals surface area (Å²) in [6, 6.07) is 6.13. The third kappa shape index (κ3) is 3.78. The molecule has 1 aromatic carbocycles. The van der Waals surface area contributed by atoms with Gasteiger partial charge in [-0.05, 0) is 43.5 Å². The van der Waals surface area contributed by atoms with Gasteiger partial charge in [0.15, 0.2) is 4.34 Å². The first-order valence-electron chi connectivity index (χ1n) is 7.27. The number of nitrogens with one attached hydrogen (secondary N) is 1. The highest BCUT2D eigenvalue weighted by Crippen LogP contribution is 2.27. The van der Waals surface area contributed by atoms with Crippen molar-refractivity contribution in [3.8, 4) is 0 Å². The van der Waals surface area contributed by atoms with Gasteiger partial charge < -0.3 is 10.2 Å². The molecule has 0 atom stereocenters. The van der Waals surface area contributed by atoms with Crippen molar-refractivity contribution in [3.05, 3.63) is 29.3 Å². The summed E-state index contributed by atoms with van der Waals surface area (Å²) in [4.78, 5) is 14.4. The number of nitrogens with zero attached hydrogens (tertiary/aromatic N) is 3. The minimum Gasteiger partial charge on any atom is -0.371 e. The summed E-state index contributed by atoms with van der Waals surface area (Å²) >= 11 is 2.85. The molecule has 1 amide bonds. The highest BCUT2D eigenvalue weighted by atomic mass is 32.2. The van der Waals surface area contributed by atoms with Crippen molar-refractivity contribution < 1.29 is 4.79 Å². The molecule has 1 aliphatic rings. The van der Waals surface area contributed by atoms with Crippen molar-refractivity contribution in [3.63, 3.8) is 0 Å². The highest BCUT2D eigenvalue weighted by molar-refractivity contribution is 8.01. The second-order valence-corrected chi connectivity index (χ2v) is 7.29. The average molecular weight is 334 g/mol. The number of rotatable bonds is 5. The van der Waals surface area contributed by atoms with Crippen LogP contribution in [-0.2, 0) is 4.79 Å². The summed E-state index contributed by atoms with van der Waals surface area (Å²) in [7, 11) is 0. The zero-order chi connectivity index (χ0) is 15.4. The lowest BCUT2D eigenvalue weighted by Crippen LogP contribution is -2.19. The number of aromatic nitrogens is 2. The quantitative estimate of drug-likeness (QED) is 0.851. The SMILES string of the molecule is Cc1cc(NC(=O)CSc2nncs2)ccc1N1CCCC1. The maximum Gasteiger partial charge on any atom is 0.234 e. The number of aryl methyl sites for hydroxylation is 1. The smallest absolute Gasteiger partial charge is 0.234 e. The summed E-state index contributed by atoms with van der Waals surface area (Å²) < 4.78 is 0.815. The molecule has 0 saturated carbocycles. The lowest BCUT2D eigenvalue weighted by Gasteiger charge is -2.20. The van der Waals surface area contributed by atoms with Gasteiger partial charge in [-0.25, -0.2) is 0 Å². The van der Waals surface area contributed by atoms with Gasteiger partial charge in [0.1, 0.15) is 5.51 Å². The average Bonchev–Trinajstić information content (AvgIpc) is 3.19. The van der Waals surface area contributed by atoms with E-state index in [9.17, 15) is 4.79 Å². The Morgan fingerprint density at radius 2 is 2.23 bits per heavy atom. The normalized spacial score (nSPS) is 14.3. The van der Waals surface area contributed by atoms with E-state index in [4.69, 9.17) is 0 Å². The van der Waals surface area contributed by atoms with Crippen LogP contribution >= 0.6 is 23.1 Å². The minimum atomic E-state index is -0.0199. The Morgan fingerprint density at radius 3 is 2.91 bits per heavy atom. The molecule has 0 aliphatic carbocycles. The fraction of sp³-hybridized carbons (Fsp3) is 0.400. The van der Waals surface area contributed by atoms with Crippen molar-refractivity contribution in [2.45, 2.75) is 24.1 Å². The van der Waals surface area contributed by atoms with Gasteiger partial charge in [0.25, 0.3) is 0 Å². The Hall–Kier alpha value is -1.60. The van der Waals surface area contributed by atoms with Gasteiger partial charge in [0, 0.05) is 24.5 Å². The van der Waals surface area contributed by atoms with E-state index < -0.39 is 0 Å². The van der Waals surface area contributed by atoms with Gasteiger partial charge in [0.05, 0.1) is 5.75 Å². The van der Waals surface area contributed by atoms with Crippen molar-refractivity contribution in [1.29, 1.82) is 0 Å². The molecule has 22 heavy (non-hydrogen) atoms. The van der Waals surface area contributed by atoms with Crippen LogP contribution in [0.2, 0.25) is 0 Å². The molecular weight excluding hydrogens is 316 g/mol. The lowest BCUT2D eigenvalue weighted by molar-refractivity contribution is -0.113. The van der Waals surface area contributed by atoms with E-state index in [1.54, 1.807) is 5.51 Å². The zero-order valence-corrected chi connectivity index (χ0v) is 14.0. The second kappa shape index (κ2) is 7.11. The van der Waals surface area contributed by atoms with Gasteiger partial charge in [-0.1, -0.05) is 23.1 Å². The maximum atomic E-state index is 12.0. The molecule has 1 saturated heterocycles. The molecule has 3 rings (SSSR count). The molecular formula is C15H18N4OS2. The van der Waals surface area contributed by atoms with E-state index in [0.29, 0.717) is 5.75 Å². The monoisotopic (exact) mass is 334 g/mol. The van der Waals surface area contributed by atoms with Crippen LogP contribution in [0.3, 0.4) is 0 Å². The first kappa shape index (κ1) is 15.3. The van der Waals surface area contributed by atoms with Crippen LogP contribution in [0.25, 0.3) is 0 Å². The van der Waals surface area contributed by atoms with Crippen LogP contribution in [0.5, 0.6) is 0 Å². The van der Waals surface area contributed by atoms with Crippen molar-refractivity contribution in [1.82, 2.24) is 10.2 Å². The number of hydrogen-bond donors (Lipinski definition) is 1. The predicted molar refractivity (Wildman–Crippen MR) is 91.9 cm³/mol. The van der Waals surface area contributed by atoms with Crippen LogP contribution < -0.4 is 10.2 Å². The van der Waals surface area contributed by atoms with Crippen LogP contribution in [-0.4, -0.2) is 34.9 Å². The molecule has 1 aliphatic heterocycles. The Morgan fingerprint density at radius 1 is 1.41 bits per heavy atom. The van der Waals surface area contributed by atoms with Crippen LogP contribution in [0.1, 0.15) is 18.4 Å². The van der Waals surface area contributed by atoms with E-state index in [-0.39, 0.29) is 5.91 Å². The number of anilines is 2. The molecule has 7 heteroatoms. The van der Waals surface area contributed by atoms with Crippen LogP contribution in [0.15, 0.2) is 28.0 Å². The molecule has 116 valence electrons. The number of carbonyl (C=O) groups is 1. The summed E-state index contributed by atoms with van der Waals surface area (Å²) in [5.74, 6) is 0.329.